The summed E-state index contributed by atoms with van der Waals surface area (Å²) in [6.07, 6.45) is 1.83. The number of aromatic nitrogens is 2. The molecule has 2 atom stereocenters. The minimum Gasteiger partial charge on any atom is -0.350 e. The molecular formula is C29H30F3N5O2S. The molecule has 0 aliphatic carbocycles. The van der Waals surface area contributed by atoms with Crippen LogP contribution < -0.4 is 15.4 Å². The third-order valence-corrected chi connectivity index (χ3v) is 8.21. The summed E-state index contributed by atoms with van der Waals surface area (Å²) in [5.74, 6) is -1.16. The van der Waals surface area contributed by atoms with E-state index in [0.717, 1.165) is 22.0 Å². The molecule has 1 aliphatic rings. The molecule has 1 fully saturated rings. The smallest absolute Gasteiger partial charge is 0.237 e. The van der Waals surface area contributed by atoms with Crippen LogP contribution in [0.4, 0.5) is 24.8 Å². The van der Waals surface area contributed by atoms with Crippen LogP contribution in [0.1, 0.15) is 30.0 Å². The predicted molar refractivity (Wildman–Crippen MR) is 151 cm³/mol. The molecule has 7 nitrogen and oxygen atoms in total. The molecule has 5 rings (SSSR count). The Morgan fingerprint density at radius 2 is 1.85 bits per heavy atom. The fourth-order valence-electron chi connectivity index (χ4n) is 4.91. The van der Waals surface area contributed by atoms with E-state index in [1.54, 1.807) is 19.2 Å². The van der Waals surface area contributed by atoms with Gasteiger partial charge in [-0.3, -0.25) is 4.72 Å². The van der Waals surface area contributed by atoms with Crippen molar-refractivity contribution in [2.45, 2.75) is 44.7 Å². The molecule has 40 heavy (non-hydrogen) atoms. The molecule has 0 saturated carbocycles. The number of benzene rings is 3. The molecule has 1 aliphatic heterocycles. The van der Waals surface area contributed by atoms with Gasteiger partial charge in [-0.1, -0.05) is 19.1 Å². The lowest BCUT2D eigenvalue weighted by molar-refractivity contribution is 0.254. The number of fused-ring (bicyclic) bond motifs is 1. The molecule has 3 N–H and O–H groups in total. The van der Waals surface area contributed by atoms with Crippen LogP contribution in [0, 0.1) is 18.6 Å². The Labute approximate surface area is 231 Å². The van der Waals surface area contributed by atoms with Gasteiger partial charge in [0.2, 0.25) is 16.0 Å². The zero-order chi connectivity index (χ0) is 28.4. The molecule has 0 unspecified atom stereocenters. The Kier molecular flexibility index (Phi) is 7.95. The van der Waals surface area contributed by atoms with Crippen molar-refractivity contribution in [3.63, 3.8) is 0 Å². The number of nitrogens with zero attached hydrogens (tertiary/aromatic N) is 2. The lowest BCUT2D eigenvalue weighted by Gasteiger charge is -2.26. The van der Waals surface area contributed by atoms with Gasteiger partial charge >= 0.3 is 0 Å². The maximum Gasteiger partial charge on any atom is 0.237 e. The fourth-order valence-corrected chi connectivity index (χ4v) is 6.22. The molecule has 0 spiro atoms. The Hall–Kier alpha value is -3.70. The lowest BCUT2D eigenvalue weighted by atomic mass is 9.98. The van der Waals surface area contributed by atoms with Gasteiger partial charge < -0.3 is 10.6 Å². The Balaban J connectivity index is 1.37. The lowest BCUT2D eigenvalue weighted by Crippen LogP contribution is -2.44. The monoisotopic (exact) mass is 569 g/mol. The number of hydrogen-bond donors (Lipinski definition) is 3. The van der Waals surface area contributed by atoms with E-state index < -0.39 is 33.6 Å². The Bertz CT molecular complexity index is 1670. The topological polar surface area (TPSA) is 96.0 Å². The summed E-state index contributed by atoms with van der Waals surface area (Å²) in [6, 6.07) is 11.8. The van der Waals surface area contributed by atoms with Crippen LogP contribution >= 0.6 is 0 Å². The van der Waals surface area contributed by atoms with Crippen LogP contribution in [0.2, 0.25) is 0 Å². The molecule has 1 saturated heterocycles. The number of hydrogen-bond acceptors (Lipinski definition) is 6. The van der Waals surface area contributed by atoms with E-state index >= 15 is 4.39 Å². The molecule has 1 aromatic heterocycles. The average molecular weight is 570 g/mol. The van der Waals surface area contributed by atoms with Gasteiger partial charge in [0.25, 0.3) is 0 Å². The third kappa shape index (κ3) is 6.37. The van der Waals surface area contributed by atoms with Gasteiger partial charge in [-0.25, -0.2) is 31.6 Å². The van der Waals surface area contributed by atoms with E-state index in [2.05, 4.69) is 25.3 Å². The fraction of sp³-hybridized carbons (Fsp3) is 0.310. The zero-order valence-corrected chi connectivity index (χ0v) is 23.0. The van der Waals surface area contributed by atoms with Crippen molar-refractivity contribution in [2.75, 3.05) is 23.1 Å². The van der Waals surface area contributed by atoms with Gasteiger partial charge in [-0.2, -0.15) is 0 Å². The Morgan fingerprint density at radius 3 is 2.58 bits per heavy atom. The van der Waals surface area contributed by atoms with Crippen molar-refractivity contribution in [1.82, 2.24) is 15.3 Å². The summed E-state index contributed by atoms with van der Waals surface area (Å²) in [5.41, 5.74) is 3.74. The van der Waals surface area contributed by atoms with Crippen LogP contribution in [0.25, 0.3) is 22.0 Å². The highest BCUT2D eigenvalue weighted by atomic mass is 32.2. The van der Waals surface area contributed by atoms with Gasteiger partial charge in [-0.05, 0) is 77.6 Å². The van der Waals surface area contributed by atoms with Crippen LogP contribution in [-0.4, -0.2) is 43.7 Å². The van der Waals surface area contributed by atoms with Crippen LogP contribution in [0.3, 0.4) is 0 Å². The first-order chi connectivity index (χ1) is 19.1. The summed E-state index contributed by atoms with van der Waals surface area (Å²) < 4.78 is 69.9. The number of anilines is 2. The highest BCUT2D eigenvalue weighted by Gasteiger charge is 2.22. The second-order valence-electron chi connectivity index (χ2n) is 10.1. The molecular weight excluding hydrogens is 539 g/mol. The SMILES string of the molecule is CCc1cc(-c2ccc(NS(=O)(=O)Cc3ccc(F)cc3C)c(F)c2)cc2cnc(N[C@@H]3CNC[C@@H](F)C3)nc12. The highest BCUT2D eigenvalue weighted by Crippen LogP contribution is 2.30. The second kappa shape index (κ2) is 11.4. The van der Waals surface area contributed by atoms with E-state index in [9.17, 15) is 17.2 Å². The van der Waals surface area contributed by atoms with Crippen LogP contribution in [0.5, 0.6) is 0 Å². The highest BCUT2D eigenvalue weighted by molar-refractivity contribution is 7.91. The molecule has 11 heteroatoms. The number of aryl methyl sites for hydroxylation is 2. The standard InChI is InChI=1S/C29H30F3N5O2S/c1-3-18-9-21(10-22-13-34-29(36-28(18)22)35-25-12-24(31)14-33-15-25)19-5-7-27(26(32)11-19)37-40(38,39)16-20-4-6-23(30)8-17(20)2/h4-11,13,24-25,33,37H,3,12,14-16H2,1-2H3,(H,34,35,36)/t24-,25-/m0/s1. The van der Waals surface area contributed by atoms with E-state index in [0.29, 0.717) is 48.6 Å². The van der Waals surface area contributed by atoms with Crippen LogP contribution in [0.15, 0.2) is 54.7 Å². The van der Waals surface area contributed by atoms with Crippen molar-refractivity contribution < 1.29 is 21.6 Å². The second-order valence-corrected chi connectivity index (χ2v) is 11.8. The van der Waals surface area contributed by atoms with E-state index in [1.165, 1.54) is 30.3 Å². The van der Waals surface area contributed by atoms with Gasteiger partial charge in [-0.15, -0.1) is 0 Å². The van der Waals surface area contributed by atoms with Gasteiger partial charge in [0, 0.05) is 37.1 Å². The summed E-state index contributed by atoms with van der Waals surface area (Å²) in [4.78, 5) is 9.08. The maximum atomic E-state index is 15.1. The number of sulfonamides is 1. The van der Waals surface area contributed by atoms with Gasteiger partial charge in [0.15, 0.2) is 0 Å². The van der Waals surface area contributed by atoms with Crippen molar-refractivity contribution in [2.24, 2.45) is 0 Å². The first kappa shape index (κ1) is 27.9. The minimum absolute atomic E-state index is 0.107. The van der Waals surface area contributed by atoms with Crippen molar-refractivity contribution in [3.8, 4) is 11.1 Å². The average Bonchev–Trinajstić information content (AvgIpc) is 2.91. The normalized spacial score (nSPS) is 17.6. The molecule has 4 aromatic rings. The van der Waals surface area contributed by atoms with E-state index in [4.69, 9.17) is 0 Å². The summed E-state index contributed by atoms with van der Waals surface area (Å²) in [5, 5.41) is 7.03. The van der Waals surface area contributed by atoms with Crippen LogP contribution in [-0.2, 0) is 22.2 Å². The van der Waals surface area contributed by atoms with Gasteiger partial charge in [0.05, 0.1) is 17.0 Å². The quantitative estimate of drug-likeness (QED) is 0.259. The molecule has 0 amide bonds. The summed E-state index contributed by atoms with van der Waals surface area (Å²) in [7, 11) is -3.94. The number of nitrogens with one attached hydrogen (secondary N) is 3. The zero-order valence-electron chi connectivity index (χ0n) is 22.1. The predicted octanol–water partition coefficient (Wildman–Crippen LogP) is 5.50. The number of rotatable bonds is 8. The van der Waals surface area contributed by atoms with E-state index in [-0.39, 0.29) is 11.7 Å². The number of halogens is 3. The molecule has 2 heterocycles. The maximum absolute atomic E-state index is 15.1. The first-order valence-electron chi connectivity index (χ1n) is 13.1. The van der Waals surface area contributed by atoms with E-state index in [1.807, 2.05) is 19.1 Å². The molecule has 3 aromatic carbocycles. The minimum atomic E-state index is -3.94. The van der Waals surface area contributed by atoms with Gasteiger partial charge in [0.1, 0.15) is 17.8 Å². The van der Waals surface area contributed by atoms with Crippen molar-refractivity contribution in [1.29, 1.82) is 0 Å². The third-order valence-electron chi connectivity index (χ3n) is 6.99. The summed E-state index contributed by atoms with van der Waals surface area (Å²) in [6.45, 7) is 4.59. The summed E-state index contributed by atoms with van der Waals surface area (Å²) >= 11 is 0. The molecule has 0 bridgehead atoms. The first-order valence-corrected chi connectivity index (χ1v) is 14.7. The molecule has 0 radical (unpaired) electrons. The Morgan fingerprint density at radius 1 is 1.02 bits per heavy atom. The number of alkyl halides is 1. The largest absolute Gasteiger partial charge is 0.350 e. The van der Waals surface area contributed by atoms with Crippen molar-refractivity contribution >= 4 is 32.6 Å². The number of piperidine rings is 1. The van der Waals surface area contributed by atoms with Crippen molar-refractivity contribution in [3.05, 3.63) is 83.1 Å². The molecule has 210 valence electrons.